The van der Waals surface area contributed by atoms with Crippen LogP contribution in [0, 0.1) is 5.92 Å². The van der Waals surface area contributed by atoms with Crippen molar-refractivity contribution in [3.05, 3.63) is 0 Å². The predicted molar refractivity (Wildman–Crippen MR) is 75.1 cm³/mol. The fourth-order valence-corrected chi connectivity index (χ4v) is 3.33. The van der Waals surface area contributed by atoms with Crippen LogP contribution < -0.4 is 4.72 Å². The van der Waals surface area contributed by atoms with E-state index in [-0.39, 0.29) is 12.3 Å². The van der Waals surface area contributed by atoms with Gasteiger partial charge in [0.15, 0.2) is 0 Å². The number of nitrogens with zero attached hydrogens (tertiary/aromatic N) is 1. The number of carboxylic acid groups (broad SMARTS) is 1. The van der Waals surface area contributed by atoms with Crippen molar-refractivity contribution >= 4 is 16.2 Å². The van der Waals surface area contributed by atoms with Crippen molar-refractivity contribution < 1.29 is 18.3 Å². The predicted octanol–water partition coefficient (Wildman–Crippen LogP) is 1.44. The Bertz CT molecular complexity index is 362. The molecule has 0 saturated carbocycles. The molecule has 0 aromatic carbocycles. The van der Waals surface area contributed by atoms with Gasteiger partial charge >= 0.3 is 5.97 Å². The van der Waals surface area contributed by atoms with Crippen molar-refractivity contribution in [2.45, 2.75) is 53.0 Å². The quantitative estimate of drug-likeness (QED) is 0.638. The van der Waals surface area contributed by atoms with E-state index in [0.29, 0.717) is 25.9 Å². The molecule has 0 rings (SSSR count). The van der Waals surface area contributed by atoms with E-state index in [9.17, 15) is 13.2 Å². The zero-order valence-electron chi connectivity index (χ0n) is 12.2. The summed E-state index contributed by atoms with van der Waals surface area (Å²) >= 11 is 0. The number of hydrogen-bond acceptors (Lipinski definition) is 3. The lowest BCUT2D eigenvalue weighted by Gasteiger charge is -2.24. The van der Waals surface area contributed by atoms with Crippen molar-refractivity contribution in [2.75, 3.05) is 13.1 Å². The lowest BCUT2D eigenvalue weighted by molar-refractivity contribution is -0.139. The number of carboxylic acids is 1. The molecule has 0 radical (unpaired) electrons. The van der Waals surface area contributed by atoms with Crippen molar-refractivity contribution in [3.8, 4) is 0 Å². The highest BCUT2D eigenvalue weighted by Crippen LogP contribution is 2.09. The van der Waals surface area contributed by atoms with Gasteiger partial charge in [-0.05, 0) is 25.2 Å². The smallest absolute Gasteiger partial charge is 0.321 e. The van der Waals surface area contributed by atoms with Gasteiger partial charge in [0.05, 0.1) is 0 Å². The molecule has 0 saturated heterocycles. The van der Waals surface area contributed by atoms with E-state index < -0.39 is 22.2 Å². The van der Waals surface area contributed by atoms with Crippen LogP contribution in [-0.2, 0) is 15.0 Å². The second-order valence-electron chi connectivity index (χ2n) is 5.04. The van der Waals surface area contributed by atoms with Crippen LogP contribution in [-0.4, -0.2) is 42.9 Å². The van der Waals surface area contributed by atoms with Crippen molar-refractivity contribution in [1.82, 2.24) is 9.03 Å². The van der Waals surface area contributed by atoms with E-state index >= 15 is 0 Å². The van der Waals surface area contributed by atoms with Gasteiger partial charge in [-0.15, -0.1) is 0 Å². The molecule has 1 atom stereocenters. The van der Waals surface area contributed by atoms with Crippen LogP contribution in [0.1, 0.15) is 47.0 Å². The summed E-state index contributed by atoms with van der Waals surface area (Å²) in [6.45, 7) is 8.30. The van der Waals surface area contributed by atoms with Crippen LogP contribution in [0.5, 0.6) is 0 Å². The molecule has 6 nitrogen and oxygen atoms in total. The van der Waals surface area contributed by atoms with Crippen LogP contribution >= 0.6 is 0 Å². The van der Waals surface area contributed by atoms with Gasteiger partial charge in [-0.3, -0.25) is 4.79 Å². The van der Waals surface area contributed by atoms with Gasteiger partial charge in [0.2, 0.25) is 0 Å². The first-order valence-electron chi connectivity index (χ1n) is 6.74. The maximum Gasteiger partial charge on any atom is 0.321 e. The molecule has 0 amide bonds. The zero-order valence-corrected chi connectivity index (χ0v) is 13.0. The topological polar surface area (TPSA) is 86.7 Å². The third kappa shape index (κ3) is 6.89. The summed E-state index contributed by atoms with van der Waals surface area (Å²) in [5, 5.41) is 9.08. The van der Waals surface area contributed by atoms with Gasteiger partial charge in [-0.1, -0.05) is 27.7 Å². The molecule has 0 spiro atoms. The van der Waals surface area contributed by atoms with Crippen molar-refractivity contribution in [1.29, 1.82) is 0 Å². The Labute approximate surface area is 116 Å². The van der Waals surface area contributed by atoms with Crippen molar-refractivity contribution in [2.24, 2.45) is 5.92 Å². The number of nitrogens with one attached hydrogen (secondary N) is 1. The molecule has 0 heterocycles. The summed E-state index contributed by atoms with van der Waals surface area (Å²) in [5.74, 6) is -1.03. The Kier molecular flexibility index (Phi) is 8.20. The number of rotatable bonds is 10. The molecule has 19 heavy (non-hydrogen) atoms. The standard InChI is InChI=1S/C12H26N2O4S/c1-5-7-14(8-6-2)19(17,18)13-11(12(15)16)9-10(3)4/h10-11,13H,5-9H2,1-4H3,(H,15,16). The zero-order chi connectivity index (χ0) is 15.1. The molecular weight excluding hydrogens is 268 g/mol. The molecule has 1 unspecified atom stereocenters. The molecule has 0 aliphatic rings. The third-order valence-electron chi connectivity index (χ3n) is 2.58. The molecule has 0 bridgehead atoms. The first-order valence-corrected chi connectivity index (χ1v) is 8.18. The van der Waals surface area contributed by atoms with Crippen LogP contribution in [0.15, 0.2) is 0 Å². The minimum Gasteiger partial charge on any atom is -0.480 e. The van der Waals surface area contributed by atoms with E-state index in [2.05, 4.69) is 4.72 Å². The van der Waals surface area contributed by atoms with Crippen molar-refractivity contribution in [3.63, 3.8) is 0 Å². The van der Waals surface area contributed by atoms with E-state index in [1.54, 1.807) is 0 Å². The molecule has 0 aromatic heterocycles. The number of aliphatic carboxylic acids is 1. The second-order valence-corrected chi connectivity index (χ2v) is 6.74. The Morgan fingerprint density at radius 3 is 2.00 bits per heavy atom. The first kappa shape index (κ1) is 18.3. The fourth-order valence-electron chi connectivity index (χ4n) is 1.78. The average molecular weight is 294 g/mol. The molecule has 0 aliphatic carbocycles. The summed E-state index contributed by atoms with van der Waals surface area (Å²) in [6.07, 6.45) is 1.67. The summed E-state index contributed by atoms with van der Waals surface area (Å²) in [5.41, 5.74) is 0. The molecule has 0 aliphatic heterocycles. The maximum absolute atomic E-state index is 12.2. The Hall–Kier alpha value is -0.660. The minimum absolute atomic E-state index is 0.106. The molecule has 2 N–H and O–H groups in total. The van der Waals surface area contributed by atoms with E-state index in [1.807, 2.05) is 27.7 Å². The molecular formula is C12H26N2O4S. The Morgan fingerprint density at radius 2 is 1.68 bits per heavy atom. The number of hydrogen-bond donors (Lipinski definition) is 2. The van der Waals surface area contributed by atoms with Gasteiger partial charge < -0.3 is 5.11 Å². The van der Waals surface area contributed by atoms with Crippen LogP contribution in [0.2, 0.25) is 0 Å². The maximum atomic E-state index is 12.2. The Balaban J connectivity index is 4.90. The van der Waals surface area contributed by atoms with Gasteiger partial charge in [-0.2, -0.15) is 17.4 Å². The van der Waals surface area contributed by atoms with Crippen LogP contribution in [0.3, 0.4) is 0 Å². The lowest BCUT2D eigenvalue weighted by Crippen LogP contribution is -2.49. The second kappa shape index (κ2) is 8.50. The normalized spacial score (nSPS) is 14.0. The highest BCUT2D eigenvalue weighted by atomic mass is 32.2. The molecule has 7 heteroatoms. The van der Waals surface area contributed by atoms with Gasteiger partial charge in [0.25, 0.3) is 10.2 Å². The lowest BCUT2D eigenvalue weighted by atomic mass is 10.1. The highest BCUT2D eigenvalue weighted by molar-refractivity contribution is 7.87. The van der Waals surface area contributed by atoms with Crippen LogP contribution in [0.4, 0.5) is 0 Å². The SMILES string of the molecule is CCCN(CCC)S(=O)(=O)NC(CC(C)C)C(=O)O. The number of carbonyl (C=O) groups is 1. The average Bonchev–Trinajstić information content (AvgIpc) is 2.26. The first-order chi connectivity index (χ1) is 8.74. The fraction of sp³-hybridized carbons (Fsp3) is 0.917. The molecule has 0 aromatic rings. The van der Waals surface area contributed by atoms with Crippen LogP contribution in [0.25, 0.3) is 0 Å². The van der Waals surface area contributed by atoms with E-state index in [4.69, 9.17) is 5.11 Å². The van der Waals surface area contributed by atoms with E-state index in [1.165, 1.54) is 4.31 Å². The van der Waals surface area contributed by atoms with Gasteiger partial charge in [0.1, 0.15) is 6.04 Å². The summed E-state index contributed by atoms with van der Waals surface area (Å²) in [6, 6.07) is -1.07. The minimum atomic E-state index is -3.73. The monoisotopic (exact) mass is 294 g/mol. The summed E-state index contributed by atoms with van der Waals surface area (Å²) < 4.78 is 27.9. The van der Waals surface area contributed by atoms with Gasteiger partial charge in [-0.25, -0.2) is 0 Å². The van der Waals surface area contributed by atoms with Gasteiger partial charge in [0, 0.05) is 13.1 Å². The summed E-state index contributed by atoms with van der Waals surface area (Å²) in [7, 11) is -3.73. The van der Waals surface area contributed by atoms with E-state index in [0.717, 1.165) is 0 Å². The highest BCUT2D eigenvalue weighted by Gasteiger charge is 2.28. The third-order valence-corrected chi connectivity index (χ3v) is 4.21. The Morgan fingerprint density at radius 1 is 1.21 bits per heavy atom. The largest absolute Gasteiger partial charge is 0.480 e. The molecule has 0 fully saturated rings. The molecule has 114 valence electrons. The summed E-state index contributed by atoms with van der Waals surface area (Å²) in [4.78, 5) is 11.1.